The number of hydrogen-bond donors (Lipinski definition) is 1. The monoisotopic (exact) mass is 188 g/mol. The van der Waals surface area contributed by atoms with Crippen molar-refractivity contribution in [1.29, 1.82) is 0 Å². The van der Waals surface area contributed by atoms with Crippen molar-refractivity contribution < 1.29 is 5.11 Å². The molecule has 0 heterocycles. The van der Waals surface area contributed by atoms with E-state index in [0.717, 1.165) is 24.8 Å². The van der Waals surface area contributed by atoms with Crippen LogP contribution in [-0.2, 0) is 0 Å². The van der Waals surface area contributed by atoms with Gasteiger partial charge in [-0.25, -0.2) is 0 Å². The lowest BCUT2D eigenvalue weighted by Gasteiger charge is -2.13. The first-order valence-corrected chi connectivity index (χ1v) is 5.00. The average Bonchev–Trinajstić information content (AvgIpc) is 2.17. The predicted molar refractivity (Wildman–Crippen MR) is 59.2 cm³/mol. The highest BCUT2D eigenvalue weighted by Gasteiger charge is 2.09. The minimum Gasteiger partial charge on any atom is -0.508 e. The summed E-state index contributed by atoms with van der Waals surface area (Å²) in [4.78, 5) is 0. The molecule has 1 aromatic carbocycles. The number of aromatic hydroxyl groups is 1. The van der Waals surface area contributed by atoms with Gasteiger partial charge in [0.2, 0.25) is 0 Å². The van der Waals surface area contributed by atoms with Crippen molar-refractivity contribution in [2.24, 2.45) is 0 Å². The Hall–Kier alpha value is -1.42. The molecule has 1 unspecified atom stereocenters. The molecule has 1 nitrogen and oxygen atoms in total. The van der Waals surface area contributed by atoms with E-state index in [1.807, 2.05) is 12.1 Å². The zero-order chi connectivity index (χ0) is 10.4. The van der Waals surface area contributed by atoms with Gasteiger partial charge in [0.1, 0.15) is 5.75 Å². The first kappa shape index (κ1) is 10.7. The molecule has 74 valence electrons. The average molecular weight is 188 g/mol. The van der Waals surface area contributed by atoms with Crippen LogP contribution < -0.4 is 0 Å². The lowest BCUT2D eigenvalue weighted by atomic mass is 9.92. The van der Waals surface area contributed by atoms with Crippen molar-refractivity contribution in [3.63, 3.8) is 0 Å². The van der Waals surface area contributed by atoms with E-state index in [9.17, 15) is 5.11 Å². The Morgan fingerprint density at radius 3 is 2.86 bits per heavy atom. The molecule has 0 fully saturated rings. The summed E-state index contributed by atoms with van der Waals surface area (Å²) in [5.41, 5.74) is 1.14. The normalized spacial score (nSPS) is 12.0. The van der Waals surface area contributed by atoms with Gasteiger partial charge in [0, 0.05) is 6.42 Å². The number of benzene rings is 1. The summed E-state index contributed by atoms with van der Waals surface area (Å²) in [5.74, 6) is 3.40. The Morgan fingerprint density at radius 2 is 2.29 bits per heavy atom. The van der Waals surface area contributed by atoms with Crippen molar-refractivity contribution in [3.8, 4) is 18.1 Å². The van der Waals surface area contributed by atoms with Crippen LogP contribution in [0.5, 0.6) is 5.75 Å². The molecule has 0 bridgehead atoms. The minimum absolute atomic E-state index is 0.320. The van der Waals surface area contributed by atoms with Crippen LogP contribution in [0, 0.1) is 12.3 Å². The molecule has 1 atom stereocenters. The maximum atomic E-state index is 9.35. The number of phenolic OH excluding ortho intramolecular Hbond substituents is 1. The quantitative estimate of drug-likeness (QED) is 0.719. The summed E-state index contributed by atoms with van der Waals surface area (Å²) in [6.07, 6.45) is 8.26. The third-order valence-electron chi connectivity index (χ3n) is 2.34. The third-order valence-corrected chi connectivity index (χ3v) is 2.34. The van der Waals surface area contributed by atoms with E-state index >= 15 is 0 Å². The highest BCUT2D eigenvalue weighted by Crippen LogP contribution is 2.26. The lowest BCUT2D eigenvalue weighted by Crippen LogP contribution is -1.96. The minimum atomic E-state index is 0.320. The van der Waals surface area contributed by atoms with Gasteiger partial charge in [-0.15, -0.1) is 12.3 Å². The van der Waals surface area contributed by atoms with E-state index in [-0.39, 0.29) is 0 Å². The van der Waals surface area contributed by atoms with Gasteiger partial charge in [0.25, 0.3) is 0 Å². The van der Waals surface area contributed by atoms with Crippen molar-refractivity contribution in [3.05, 3.63) is 29.8 Å². The van der Waals surface area contributed by atoms with Crippen LogP contribution in [0.4, 0.5) is 0 Å². The van der Waals surface area contributed by atoms with Crippen LogP contribution in [0.25, 0.3) is 0 Å². The Labute approximate surface area is 85.8 Å². The summed E-state index contributed by atoms with van der Waals surface area (Å²) in [7, 11) is 0. The molecule has 0 saturated heterocycles. The zero-order valence-corrected chi connectivity index (χ0v) is 8.53. The van der Waals surface area contributed by atoms with E-state index in [2.05, 4.69) is 12.8 Å². The molecule has 0 radical (unpaired) electrons. The maximum absolute atomic E-state index is 9.35. The second kappa shape index (κ2) is 5.34. The van der Waals surface area contributed by atoms with Crippen LogP contribution in [0.3, 0.4) is 0 Å². The fourth-order valence-corrected chi connectivity index (χ4v) is 1.66. The standard InChI is InChI=1S/C13H16O/c1-3-6-11(7-4-2)12-8-5-9-13(14)10-12/h1,5,8-11,14H,4,6-7H2,2H3. The molecule has 0 amide bonds. The van der Waals surface area contributed by atoms with E-state index in [0.29, 0.717) is 11.7 Å². The molecular weight excluding hydrogens is 172 g/mol. The van der Waals surface area contributed by atoms with Crippen molar-refractivity contribution in [1.82, 2.24) is 0 Å². The van der Waals surface area contributed by atoms with E-state index in [4.69, 9.17) is 6.42 Å². The highest BCUT2D eigenvalue weighted by atomic mass is 16.3. The molecule has 0 aliphatic carbocycles. The van der Waals surface area contributed by atoms with E-state index in [1.165, 1.54) is 0 Å². The number of hydrogen-bond acceptors (Lipinski definition) is 1. The molecule has 0 aliphatic heterocycles. The van der Waals surface area contributed by atoms with Crippen LogP contribution in [0.1, 0.15) is 37.7 Å². The maximum Gasteiger partial charge on any atom is 0.115 e. The first-order chi connectivity index (χ1) is 6.77. The fourth-order valence-electron chi connectivity index (χ4n) is 1.66. The zero-order valence-electron chi connectivity index (χ0n) is 8.53. The number of rotatable bonds is 4. The van der Waals surface area contributed by atoms with Crippen molar-refractivity contribution >= 4 is 0 Å². The predicted octanol–water partition coefficient (Wildman–Crippen LogP) is 3.30. The van der Waals surface area contributed by atoms with E-state index < -0.39 is 0 Å². The Kier molecular flexibility index (Phi) is 4.07. The Balaban J connectivity index is 2.82. The molecule has 14 heavy (non-hydrogen) atoms. The number of phenols is 1. The van der Waals surface area contributed by atoms with Gasteiger partial charge in [0.05, 0.1) is 0 Å². The van der Waals surface area contributed by atoms with Gasteiger partial charge in [-0.05, 0) is 30.0 Å². The van der Waals surface area contributed by atoms with Gasteiger partial charge in [-0.2, -0.15) is 0 Å². The molecule has 1 rings (SSSR count). The van der Waals surface area contributed by atoms with Gasteiger partial charge < -0.3 is 5.11 Å². The van der Waals surface area contributed by atoms with Crippen LogP contribution in [-0.4, -0.2) is 5.11 Å². The summed E-state index contributed by atoms with van der Waals surface area (Å²) >= 11 is 0. The highest BCUT2D eigenvalue weighted by molar-refractivity contribution is 5.30. The van der Waals surface area contributed by atoms with Crippen molar-refractivity contribution in [2.75, 3.05) is 0 Å². The second-order valence-electron chi connectivity index (χ2n) is 3.49. The Morgan fingerprint density at radius 1 is 1.50 bits per heavy atom. The van der Waals surface area contributed by atoms with Crippen molar-refractivity contribution in [2.45, 2.75) is 32.1 Å². The summed E-state index contributed by atoms with van der Waals surface area (Å²) in [5, 5.41) is 9.35. The third kappa shape index (κ3) is 2.81. The van der Waals surface area contributed by atoms with Crippen LogP contribution in [0.15, 0.2) is 24.3 Å². The number of terminal acetylenes is 1. The summed E-state index contributed by atoms with van der Waals surface area (Å²) in [6, 6.07) is 7.38. The van der Waals surface area contributed by atoms with Gasteiger partial charge in [-0.1, -0.05) is 25.5 Å². The van der Waals surface area contributed by atoms with Gasteiger partial charge >= 0.3 is 0 Å². The molecule has 0 aliphatic rings. The van der Waals surface area contributed by atoms with Crippen LogP contribution in [0.2, 0.25) is 0 Å². The molecule has 0 aromatic heterocycles. The topological polar surface area (TPSA) is 20.2 Å². The summed E-state index contributed by atoms with van der Waals surface area (Å²) in [6.45, 7) is 2.15. The second-order valence-corrected chi connectivity index (χ2v) is 3.49. The lowest BCUT2D eigenvalue weighted by molar-refractivity contribution is 0.473. The molecule has 1 N–H and O–H groups in total. The smallest absolute Gasteiger partial charge is 0.115 e. The molecule has 1 heteroatoms. The van der Waals surface area contributed by atoms with Gasteiger partial charge in [0.15, 0.2) is 0 Å². The SMILES string of the molecule is C#CCC(CCC)c1cccc(O)c1. The fraction of sp³-hybridized carbons (Fsp3) is 0.385. The molecule has 1 aromatic rings. The molecular formula is C13H16O. The molecule has 0 spiro atoms. The van der Waals surface area contributed by atoms with E-state index in [1.54, 1.807) is 12.1 Å². The molecule has 0 saturated carbocycles. The van der Waals surface area contributed by atoms with Gasteiger partial charge in [-0.3, -0.25) is 0 Å². The van der Waals surface area contributed by atoms with Crippen LogP contribution >= 0.6 is 0 Å². The summed E-state index contributed by atoms with van der Waals surface area (Å²) < 4.78 is 0. The first-order valence-electron chi connectivity index (χ1n) is 5.00. The Bertz CT molecular complexity index is 322. The largest absolute Gasteiger partial charge is 0.508 e.